The molecule has 148 valence electrons. The molecule has 0 aliphatic carbocycles. The molecule has 2 aromatic rings. The Morgan fingerprint density at radius 1 is 1.26 bits per heavy atom. The van der Waals surface area contributed by atoms with Gasteiger partial charge in [0.2, 0.25) is 20.9 Å². The Morgan fingerprint density at radius 2 is 1.93 bits per heavy atom. The van der Waals surface area contributed by atoms with Crippen LogP contribution >= 0.6 is 0 Å². The molecule has 1 amide bonds. The van der Waals surface area contributed by atoms with Crippen LogP contribution in [0.15, 0.2) is 35.7 Å². The molecule has 1 N–H and O–H groups in total. The Balaban J connectivity index is 2.01. The molecule has 1 aromatic heterocycles. The largest absolute Gasteiger partial charge is 0.573 e. The molecule has 1 aromatic carbocycles. The third kappa shape index (κ3) is 6.21. The van der Waals surface area contributed by atoms with Crippen molar-refractivity contribution in [2.45, 2.75) is 18.1 Å². The predicted octanol–water partition coefficient (Wildman–Crippen LogP) is 1.24. The third-order valence-corrected chi connectivity index (χ3v) is 4.60. The number of rotatable bonds is 8. The fourth-order valence-corrected chi connectivity index (χ4v) is 3.22. The van der Waals surface area contributed by atoms with Crippen molar-refractivity contribution in [3.05, 3.63) is 30.6 Å². The van der Waals surface area contributed by atoms with Crippen LogP contribution in [0, 0.1) is 0 Å². The topological polar surface area (TPSA) is 112 Å². The lowest BCUT2D eigenvalue weighted by Crippen LogP contribution is -2.25. The molecular weight excluding hydrogens is 393 g/mol. The number of amides is 1. The highest BCUT2D eigenvalue weighted by Gasteiger charge is 2.31. The molecule has 0 aliphatic rings. The summed E-state index contributed by atoms with van der Waals surface area (Å²) < 4.78 is 70.7. The molecule has 2 rings (SSSR count). The molecule has 0 atom stereocenters. The number of nitrogens with zero attached hydrogens (tertiary/aromatic N) is 3. The lowest BCUT2D eigenvalue weighted by atomic mass is 10.3. The Kier molecular flexibility index (Phi) is 6.38. The summed E-state index contributed by atoms with van der Waals surface area (Å²) in [6, 6.07) is 4.26. The number of carbonyl (C=O) groups is 1. The van der Waals surface area contributed by atoms with Crippen LogP contribution < -0.4 is 10.1 Å². The lowest BCUT2D eigenvalue weighted by molar-refractivity contribution is -0.274. The highest BCUT2D eigenvalue weighted by molar-refractivity contribution is 7.92. The number of ether oxygens (including phenoxy) is 2. The minimum Gasteiger partial charge on any atom is -0.406 e. The number of methoxy groups -OCH3 is 1. The van der Waals surface area contributed by atoms with Gasteiger partial charge in [-0.15, -0.1) is 23.4 Å². The number of anilines is 1. The van der Waals surface area contributed by atoms with Gasteiger partial charge in [-0.05, 0) is 24.3 Å². The normalized spacial score (nSPS) is 12.0. The van der Waals surface area contributed by atoms with Crippen LogP contribution in [0.5, 0.6) is 5.75 Å². The number of hydrogen-bond acceptors (Lipinski definition) is 7. The molecule has 9 nitrogen and oxygen atoms in total. The van der Waals surface area contributed by atoms with Gasteiger partial charge in [0.05, 0.1) is 6.61 Å². The average Bonchev–Trinajstić information content (AvgIpc) is 3.02. The number of halogens is 3. The van der Waals surface area contributed by atoms with Crippen LogP contribution in [0.3, 0.4) is 0 Å². The van der Waals surface area contributed by atoms with E-state index in [1.165, 1.54) is 18.0 Å². The molecule has 0 radical (unpaired) electrons. The second kappa shape index (κ2) is 8.35. The Bertz CT molecular complexity index is 881. The maximum absolute atomic E-state index is 12.3. The zero-order valence-corrected chi connectivity index (χ0v) is 14.7. The van der Waals surface area contributed by atoms with Crippen LogP contribution in [0.2, 0.25) is 0 Å². The van der Waals surface area contributed by atoms with Gasteiger partial charge in [0.25, 0.3) is 0 Å². The van der Waals surface area contributed by atoms with Gasteiger partial charge in [-0.25, -0.2) is 8.42 Å². The van der Waals surface area contributed by atoms with E-state index in [4.69, 9.17) is 4.74 Å². The van der Waals surface area contributed by atoms with Crippen molar-refractivity contribution in [2.24, 2.45) is 0 Å². The molecule has 0 bridgehead atoms. The summed E-state index contributed by atoms with van der Waals surface area (Å²) in [5, 5.41) is 8.92. The number of sulfone groups is 1. The summed E-state index contributed by atoms with van der Waals surface area (Å²) in [6.07, 6.45) is -3.64. The third-order valence-electron chi connectivity index (χ3n) is 3.09. The van der Waals surface area contributed by atoms with Crippen LogP contribution in [-0.2, 0) is 25.9 Å². The quantitative estimate of drug-likeness (QED) is 0.699. The van der Waals surface area contributed by atoms with Gasteiger partial charge in [-0.3, -0.25) is 4.79 Å². The molecule has 0 saturated heterocycles. The van der Waals surface area contributed by atoms with E-state index in [9.17, 15) is 26.4 Å². The minimum atomic E-state index is -4.84. The zero-order chi connectivity index (χ0) is 20.1. The second-order valence-electron chi connectivity index (χ2n) is 5.18. The van der Waals surface area contributed by atoms with Crippen LogP contribution in [-0.4, -0.2) is 54.9 Å². The molecule has 27 heavy (non-hydrogen) atoms. The number of carbonyl (C=O) groups excluding carboxylic acids is 1. The average molecular weight is 408 g/mol. The zero-order valence-electron chi connectivity index (χ0n) is 13.9. The van der Waals surface area contributed by atoms with E-state index in [0.29, 0.717) is 0 Å². The molecular formula is C14H15F3N4O5S. The molecule has 0 spiro atoms. The molecule has 0 aliphatic heterocycles. The molecule has 1 heterocycles. The van der Waals surface area contributed by atoms with Gasteiger partial charge in [-0.2, -0.15) is 0 Å². The maximum atomic E-state index is 12.3. The number of aromatic nitrogens is 3. The standard InChI is InChI=1S/C14H15F3N4O5S/c1-25-7-6-21-9-18-20-13(21)27(23,24)8-12(22)19-10-2-4-11(5-3-10)26-14(15,16)17/h2-5,9H,6-8H2,1H3,(H,19,22). The Labute approximate surface area is 152 Å². The summed E-state index contributed by atoms with van der Waals surface area (Å²) in [4.78, 5) is 12.0. The Morgan fingerprint density at radius 3 is 2.52 bits per heavy atom. The van der Waals surface area contributed by atoms with E-state index in [-0.39, 0.29) is 24.0 Å². The molecule has 0 saturated carbocycles. The maximum Gasteiger partial charge on any atom is 0.573 e. The number of alkyl halides is 3. The van der Waals surface area contributed by atoms with Gasteiger partial charge in [-0.1, -0.05) is 0 Å². The van der Waals surface area contributed by atoms with Crippen molar-refractivity contribution in [3.63, 3.8) is 0 Å². The molecule has 0 unspecified atom stereocenters. The van der Waals surface area contributed by atoms with Crippen molar-refractivity contribution >= 4 is 21.4 Å². The number of nitrogens with one attached hydrogen (secondary N) is 1. The van der Waals surface area contributed by atoms with Crippen LogP contribution in [0.4, 0.5) is 18.9 Å². The Hall–Kier alpha value is -2.67. The second-order valence-corrected chi connectivity index (χ2v) is 7.06. The van der Waals surface area contributed by atoms with Gasteiger partial charge in [0.1, 0.15) is 17.8 Å². The van der Waals surface area contributed by atoms with Crippen molar-refractivity contribution < 1.29 is 35.9 Å². The summed E-state index contributed by atoms with van der Waals surface area (Å²) in [5.74, 6) is -2.28. The van der Waals surface area contributed by atoms with E-state index in [1.807, 2.05) is 0 Å². The summed E-state index contributed by atoms with van der Waals surface area (Å²) in [7, 11) is -2.64. The predicted molar refractivity (Wildman–Crippen MR) is 85.7 cm³/mol. The first-order valence-electron chi connectivity index (χ1n) is 7.36. The smallest absolute Gasteiger partial charge is 0.406 e. The first-order chi connectivity index (χ1) is 12.6. The van der Waals surface area contributed by atoms with Gasteiger partial charge < -0.3 is 19.4 Å². The van der Waals surface area contributed by atoms with Gasteiger partial charge in [0, 0.05) is 19.3 Å². The lowest BCUT2D eigenvalue weighted by Gasteiger charge is -2.10. The van der Waals surface area contributed by atoms with Crippen molar-refractivity contribution in [1.29, 1.82) is 0 Å². The van der Waals surface area contributed by atoms with Crippen LogP contribution in [0.1, 0.15) is 0 Å². The first-order valence-corrected chi connectivity index (χ1v) is 9.01. The first kappa shape index (κ1) is 20.6. The van der Waals surface area contributed by atoms with Gasteiger partial charge in [0.15, 0.2) is 0 Å². The van der Waals surface area contributed by atoms with E-state index >= 15 is 0 Å². The SMILES string of the molecule is COCCn1cnnc1S(=O)(=O)CC(=O)Nc1ccc(OC(F)(F)F)cc1. The van der Waals surface area contributed by atoms with Crippen molar-refractivity contribution in [3.8, 4) is 5.75 Å². The van der Waals surface area contributed by atoms with E-state index in [1.54, 1.807) is 0 Å². The summed E-state index contributed by atoms with van der Waals surface area (Å²) >= 11 is 0. The molecule has 0 fully saturated rings. The number of benzene rings is 1. The molecule has 13 heteroatoms. The highest BCUT2D eigenvalue weighted by Crippen LogP contribution is 2.24. The minimum absolute atomic E-state index is 0.102. The van der Waals surface area contributed by atoms with E-state index in [0.717, 1.165) is 24.3 Å². The van der Waals surface area contributed by atoms with Crippen LogP contribution in [0.25, 0.3) is 0 Å². The summed E-state index contributed by atoms with van der Waals surface area (Å²) in [5.41, 5.74) is 0.102. The van der Waals surface area contributed by atoms with Crippen molar-refractivity contribution in [2.75, 3.05) is 24.8 Å². The fraction of sp³-hybridized carbons (Fsp3) is 0.357. The van der Waals surface area contributed by atoms with E-state index in [2.05, 4.69) is 20.3 Å². The number of hydrogen-bond donors (Lipinski definition) is 1. The van der Waals surface area contributed by atoms with Crippen molar-refractivity contribution in [1.82, 2.24) is 14.8 Å². The fourth-order valence-electron chi connectivity index (χ4n) is 2.00. The van der Waals surface area contributed by atoms with Gasteiger partial charge >= 0.3 is 6.36 Å². The van der Waals surface area contributed by atoms with E-state index < -0.39 is 33.6 Å². The summed E-state index contributed by atoms with van der Waals surface area (Å²) in [6.45, 7) is 0.402. The monoisotopic (exact) mass is 408 g/mol. The highest BCUT2D eigenvalue weighted by atomic mass is 32.2.